The summed E-state index contributed by atoms with van der Waals surface area (Å²) in [5, 5.41) is 0. The Bertz CT molecular complexity index is 250. The minimum absolute atomic E-state index is 0.195. The van der Waals surface area contributed by atoms with Gasteiger partial charge in [-0.1, -0.05) is 6.07 Å². The first kappa shape index (κ1) is 11.1. The zero-order valence-corrected chi connectivity index (χ0v) is 8.51. The number of nitrogens with zero attached hydrogens (tertiary/aromatic N) is 1. The van der Waals surface area contributed by atoms with Gasteiger partial charge < -0.3 is 15.2 Å². The van der Waals surface area contributed by atoms with Crippen LogP contribution in [0.5, 0.6) is 0 Å². The van der Waals surface area contributed by atoms with Gasteiger partial charge in [-0.2, -0.15) is 0 Å². The van der Waals surface area contributed by atoms with Crippen LogP contribution in [0.2, 0.25) is 0 Å². The predicted octanol–water partition coefficient (Wildman–Crippen LogP) is 0.570. The van der Waals surface area contributed by atoms with Crippen molar-refractivity contribution in [2.75, 3.05) is 14.2 Å². The number of ether oxygens (including phenoxy) is 2. The molecule has 0 saturated carbocycles. The first-order chi connectivity index (χ1) is 6.77. The summed E-state index contributed by atoms with van der Waals surface area (Å²) < 4.78 is 10.1. The highest BCUT2D eigenvalue weighted by Crippen LogP contribution is 2.04. The van der Waals surface area contributed by atoms with Crippen LogP contribution in [-0.2, 0) is 15.9 Å². The van der Waals surface area contributed by atoms with Crippen LogP contribution in [0.25, 0.3) is 0 Å². The lowest BCUT2D eigenvalue weighted by Crippen LogP contribution is -2.39. The van der Waals surface area contributed by atoms with Gasteiger partial charge in [0.1, 0.15) is 0 Å². The molecule has 0 aliphatic rings. The molecule has 4 nitrogen and oxygen atoms in total. The molecule has 0 aromatic carbocycles. The van der Waals surface area contributed by atoms with E-state index >= 15 is 0 Å². The zero-order chi connectivity index (χ0) is 10.4. The standard InChI is InChI=1S/C10H16N2O2/c1-13-10(14-2)9(11)7-8-5-3-4-6-12-8/h3-6,9-10H,7,11H2,1-2H3. The van der Waals surface area contributed by atoms with Gasteiger partial charge in [0.2, 0.25) is 0 Å². The Morgan fingerprint density at radius 1 is 1.36 bits per heavy atom. The molecule has 1 atom stereocenters. The van der Waals surface area contributed by atoms with Crippen LogP contribution in [0, 0.1) is 0 Å². The number of aromatic nitrogens is 1. The van der Waals surface area contributed by atoms with Gasteiger partial charge >= 0.3 is 0 Å². The van der Waals surface area contributed by atoms with Crippen molar-refractivity contribution in [3.63, 3.8) is 0 Å². The van der Waals surface area contributed by atoms with Crippen LogP contribution in [0.1, 0.15) is 5.69 Å². The summed E-state index contributed by atoms with van der Waals surface area (Å²) in [6, 6.07) is 5.55. The van der Waals surface area contributed by atoms with Crippen molar-refractivity contribution in [2.45, 2.75) is 18.8 Å². The summed E-state index contributed by atoms with van der Waals surface area (Å²) in [4.78, 5) is 4.18. The van der Waals surface area contributed by atoms with Gasteiger partial charge in [-0.3, -0.25) is 4.98 Å². The molecule has 1 aromatic heterocycles. The van der Waals surface area contributed by atoms with E-state index < -0.39 is 0 Å². The van der Waals surface area contributed by atoms with Crippen LogP contribution in [-0.4, -0.2) is 31.5 Å². The molecule has 4 heteroatoms. The average Bonchev–Trinajstić information content (AvgIpc) is 2.21. The molecule has 1 unspecified atom stereocenters. The smallest absolute Gasteiger partial charge is 0.172 e. The third-order valence-corrected chi connectivity index (χ3v) is 1.99. The van der Waals surface area contributed by atoms with E-state index in [0.717, 1.165) is 5.69 Å². The van der Waals surface area contributed by atoms with Gasteiger partial charge in [0.15, 0.2) is 6.29 Å². The fraction of sp³-hybridized carbons (Fsp3) is 0.500. The van der Waals surface area contributed by atoms with E-state index in [-0.39, 0.29) is 12.3 Å². The third kappa shape index (κ3) is 3.06. The SMILES string of the molecule is COC(OC)C(N)Cc1ccccn1. The Morgan fingerprint density at radius 3 is 2.57 bits per heavy atom. The van der Waals surface area contributed by atoms with Gasteiger partial charge in [-0.25, -0.2) is 0 Å². The second-order valence-electron chi connectivity index (χ2n) is 3.03. The molecule has 0 fully saturated rings. The van der Waals surface area contributed by atoms with Crippen LogP contribution in [0.4, 0.5) is 0 Å². The molecule has 0 amide bonds. The molecule has 78 valence electrons. The molecule has 0 spiro atoms. The average molecular weight is 196 g/mol. The molecule has 0 radical (unpaired) electrons. The Labute approximate surface area is 84.0 Å². The van der Waals surface area contributed by atoms with E-state index in [2.05, 4.69) is 4.98 Å². The number of hydrogen-bond acceptors (Lipinski definition) is 4. The number of rotatable bonds is 5. The van der Waals surface area contributed by atoms with E-state index in [9.17, 15) is 0 Å². The predicted molar refractivity (Wildman–Crippen MR) is 53.7 cm³/mol. The molecule has 1 heterocycles. The molecular weight excluding hydrogens is 180 g/mol. The topological polar surface area (TPSA) is 57.4 Å². The highest BCUT2D eigenvalue weighted by Gasteiger charge is 2.16. The normalized spacial score (nSPS) is 13.1. The number of pyridine rings is 1. The van der Waals surface area contributed by atoms with E-state index in [1.807, 2.05) is 18.2 Å². The highest BCUT2D eigenvalue weighted by molar-refractivity contribution is 5.05. The molecular formula is C10H16N2O2. The minimum Gasteiger partial charge on any atom is -0.354 e. The number of hydrogen-bond donors (Lipinski definition) is 1. The molecule has 14 heavy (non-hydrogen) atoms. The molecule has 0 bridgehead atoms. The van der Waals surface area contributed by atoms with Crippen LogP contribution in [0.15, 0.2) is 24.4 Å². The van der Waals surface area contributed by atoms with Crippen LogP contribution >= 0.6 is 0 Å². The molecule has 1 aromatic rings. The van der Waals surface area contributed by atoms with Gasteiger partial charge in [-0.05, 0) is 12.1 Å². The van der Waals surface area contributed by atoms with Gasteiger partial charge in [0.05, 0.1) is 6.04 Å². The first-order valence-corrected chi connectivity index (χ1v) is 4.49. The molecule has 0 saturated heterocycles. The van der Waals surface area contributed by atoms with E-state index in [4.69, 9.17) is 15.2 Å². The largest absolute Gasteiger partial charge is 0.354 e. The summed E-state index contributed by atoms with van der Waals surface area (Å²) >= 11 is 0. The second-order valence-corrected chi connectivity index (χ2v) is 3.03. The van der Waals surface area contributed by atoms with Gasteiger partial charge in [0, 0.05) is 32.5 Å². The van der Waals surface area contributed by atoms with Crippen molar-refractivity contribution < 1.29 is 9.47 Å². The van der Waals surface area contributed by atoms with Gasteiger partial charge in [0.25, 0.3) is 0 Å². The summed E-state index contributed by atoms with van der Waals surface area (Å²) in [6.45, 7) is 0. The highest BCUT2D eigenvalue weighted by atomic mass is 16.7. The molecule has 2 N–H and O–H groups in total. The third-order valence-electron chi connectivity index (χ3n) is 1.99. The Hall–Kier alpha value is -0.970. The van der Waals surface area contributed by atoms with Crippen molar-refractivity contribution in [3.8, 4) is 0 Å². The lowest BCUT2D eigenvalue weighted by molar-refractivity contribution is -0.116. The maximum Gasteiger partial charge on any atom is 0.172 e. The first-order valence-electron chi connectivity index (χ1n) is 4.49. The lowest BCUT2D eigenvalue weighted by atomic mass is 10.1. The van der Waals surface area contributed by atoms with Crippen molar-refractivity contribution >= 4 is 0 Å². The van der Waals surface area contributed by atoms with E-state index in [0.29, 0.717) is 6.42 Å². The van der Waals surface area contributed by atoms with Gasteiger partial charge in [-0.15, -0.1) is 0 Å². The Kier molecular flexibility index (Phi) is 4.52. The van der Waals surface area contributed by atoms with Crippen LogP contribution < -0.4 is 5.73 Å². The maximum atomic E-state index is 5.88. The van der Waals surface area contributed by atoms with Crippen molar-refractivity contribution in [3.05, 3.63) is 30.1 Å². The van der Waals surface area contributed by atoms with Crippen molar-refractivity contribution in [1.82, 2.24) is 4.98 Å². The van der Waals surface area contributed by atoms with Crippen molar-refractivity contribution in [1.29, 1.82) is 0 Å². The Balaban J connectivity index is 2.52. The quantitative estimate of drug-likeness (QED) is 0.699. The fourth-order valence-electron chi connectivity index (χ4n) is 1.30. The van der Waals surface area contributed by atoms with E-state index in [1.165, 1.54) is 0 Å². The summed E-state index contributed by atoms with van der Waals surface area (Å²) in [6.07, 6.45) is 2.01. The second kappa shape index (κ2) is 5.70. The zero-order valence-electron chi connectivity index (χ0n) is 8.51. The molecule has 1 rings (SSSR count). The molecule has 0 aliphatic carbocycles. The fourth-order valence-corrected chi connectivity index (χ4v) is 1.30. The van der Waals surface area contributed by atoms with E-state index in [1.54, 1.807) is 20.4 Å². The lowest BCUT2D eigenvalue weighted by Gasteiger charge is -2.20. The van der Waals surface area contributed by atoms with Crippen molar-refractivity contribution in [2.24, 2.45) is 5.73 Å². The van der Waals surface area contributed by atoms with Crippen LogP contribution in [0.3, 0.4) is 0 Å². The monoisotopic (exact) mass is 196 g/mol. The maximum absolute atomic E-state index is 5.88. The summed E-state index contributed by atoms with van der Waals surface area (Å²) in [5.41, 5.74) is 6.82. The minimum atomic E-state index is -0.378. The summed E-state index contributed by atoms with van der Waals surface area (Å²) in [7, 11) is 3.15. The number of methoxy groups -OCH3 is 2. The summed E-state index contributed by atoms with van der Waals surface area (Å²) in [5.74, 6) is 0. The molecule has 0 aliphatic heterocycles. The number of nitrogens with two attached hydrogens (primary N) is 1. The Morgan fingerprint density at radius 2 is 2.07 bits per heavy atom.